The molecule has 8 unspecified atom stereocenters. The smallest absolute Gasteiger partial charge is 0.256 e. The number of ketones is 1. The number of carbonyl (C=O) groups excluding carboxylic acids is 2. The van der Waals surface area contributed by atoms with Crippen LogP contribution in [-0.4, -0.2) is 132 Å². The van der Waals surface area contributed by atoms with Gasteiger partial charge in [0.25, 0.3) is 5.91 Å². The third kappa shape index (κ3) is 5.39. The van der Waals surface area contributed by atoms with Crippen molar-refractivity contribution in [1.29, 1.82) is 0 Å². The zero-order chi connectivity index (χ0) is 27.3. The van der Waals surface area contributed by atoms with E-state index < -0.39 is 18.2 Å². The predicted octanol–water partition coefficient (Wildman–Crippen LogP) is 2.02. The molecule has 1 N–H and O–H groups in total. The van der Waals surface area contributed by atoms with Gasteiger partial charge in [-0.05, 0) is 65.5 Å². The number of hydrogen-bond acceptors (Lipinski definition) is 7. The van der Waals surface area contributed by atoms with E-state index in [1.165, 1.54) is 12.8 Å². The number of alkyl halides is 2. The molecule has 0 bridgehead atoms. The van der Waals surface area contributed by atoms with Crippen LogP contribution in [0.15, 0.2) is 11.8 Å². The van der Waals surface area contributed by atoms with E-state index in [2.05, 4.69) is 38.8 Å². The number of halogens is 2. The summed E-state index contributed by atoms with van der Waals surface area (Å²) in [5.41, 5.74) is 0.171. The minimum absolute atomic E-state index is 0.0000921. The van der Waals surface area contributed by atoms with Crippen molar-refractivity contribution in [2.75, 3.05) is 52.4 Å². The van der Waals surface area contributed by atoms with Crippen molar-refractivity contribution >= 4 is 23.3 Å². The highest BCUT2D eigenvalue weighted by molar-refractivity contribution is 6.21. The monoisotopic (exact) mass is 565 g/mol. The minimum Gasteiger partial charge on any atom is -0.369 e. The van der Waals surface area contributed by atoms with Crippen molar-refractivity contribution in [2.24, 2.45) is 5.92 Å². The molecule has 2 saturated carbocycles. The molecule has 218 valence electrons. The van der Waals surface area contributed by atoms with Crippen molar-refractivity contribution in [3.63, 3.8) is 0 Å². The van der Waals surface area contributed by atoms with Crippen LogP contribution in [0.3, 0.4) is 0 Å². The van der Waals surface area contributed by atoms with E-state index in [9.17, 15) is 9.59 Å². The average Bonchev–Trinajstić information content (AvgIpc) is 3.44. The summed E-state index contributed by atoms with van der Waals surface area (Å²) in [4.78, 5) is 36.4. The van der Waals surface area contributed by atoms with Gasteiger partial charge in [0.2, 0.25) is 0 Å². The van der Waals surface area contributed by atoms with Crippen LogP contribution in [-0.2, 0) is 14.3 Å². The fourth-order valence-corrected chi connectivity index (χ4v) is 8.41. The summed E-state index contributed by atoms with van der Waals surface area (Å²) >= 11 is 6.63. The number of nitrogens with one attached hydrogen (secondary N) is 1. The quantitative estimate of drug-likeness (QED) is 0.390. The summed E-state index contributed by atoms with van der Waals surface area (Å²) in [6.07, 6.45) is 5.09. The molecule has 3 saturated heterocycles. The van der Waals surface area contributed by atoms with Crippen molar-refractivity contribution in [1.82, 2.24) is 24.9 Å². The van der Waals surface area contributed by atoms with Crippen LogP contribution < -0.4 is 5.32 Å². The topological polar surface area (TPSA) is 68.4 Å². The van der Waals surface area contributed by atoms with Gasteiger partial charge in [0.1, 0.15) is 6.17 Å². The Kier molecular flexibility index (Phi) is 8.26. The lowest BCUT2D eigenvalue weighted by atomic mass is 9.69. The number of nitrogens with zero attached hydrogens (tertiary/aromatic N) is 4. The first kappa shape index (κ1) is 27.9. The van der Waals surface area contributed by atoms with E-state index in [-0.39, 0.29) is 53.3 Å². The Labute approximate surface area is 237 Å². The molecular weight excluding hydrogens is 521 g/mol. The highest BCUT2D eigenvalue weighted by Gasteiger charge is 2.60. The summed E-state index contributed by atoms with van der Waals surface area (Å²) in [5, 5.41) is 3.02. The number of piperazine rings is 1. The third-order valence-electron chi connectivity index (χ3n) is 10.2. The molecule has 6 rings (SSSR count). The highest BCUT2D eigenvalue weighted by atomic mass is 35.5. The first-order valence-corrected chi connectivity index (χ1v) is 15.7. The summed E-state index contributed by atoms with van der Waals surface area (Å²) in [5.74, 6) is -1.15. The third-order valence-corrected chi connectivity index (χ3v) is 10.6. The molecular formula is C29H45ClFN5O3. The van der Waals surface area contributed by atoms with Crippen LogP contribution in [0.4, 0.5) is 4.39 Å². The van der Waals surface area contributed by atoms with E-state index in [0.29, 0.717) is 12.6 Å². The number of morpholine rings is 1. The van der Waals surface area contributed by atoms with Gasteiger partial charge < -0.3 is 19.9 Å². The maximum Gasteiger partial charge on any atom is 0.256 e. The van der Waals surface area contributed by atoms with E-state index in [1.54, 1.807) is 6.20 Å². The van der Waals surface area contributed by atoms with Crippen LogP contribution in [0.5, 0.6) is 0 Å². The second kappa shape index (κ2) is 11.6. The molecule has 1 amide bonds. The van der Waals surface area contributed by atoms with Crippen molar-refractivity contribution in [3.8, 4) is 0 Å². The molecule has 8 nitrogen and oxygen atoms in total. The van der Waals surface area contributed by atoms with Gasteiger partial charge in [-0.2, -0.15) is 0 Å². The van der Waals surface area contributed by atoms with Crippen molar-refractivity contribution < 1.29 is 18.7 Å². The number of Topliss-reactive ketones (excluding diaryl/α,β-unsaturated/α-hetero) is 1. The van der Waals surface area contributed by atoms with E-state index in [4.69, 9.17) is 16.3 Å². The van der Waals surface area contributed by atoms with Crippen LogP contribution >= 0.6 is 11.6 Å². The number of likely N-dealkylation sites (tertiary alicyclic amines) is 1. The van der Waals surface area contributed by atoms with E-state index >= 15 is 4.39 Å². The molecule has 0 aromatic heterocycles. The number of carbonyl (C=O) groups is 2. The van der Waals surface area contributed by atoms with Gasteiger partial charge in [-0.15, -0.1) is 11.6 Å². The second-order valence-corrected chi connectivity index (χ2v) is 13.4. The molecule has 4 heterocycles. The summed E-state index contributed by atoms with van der Waals surface area (Å²) in [6.45, 7) is 11.2. The Morgan fingerprint density at radius 2 is 1.85 bits per heavy atom. The average molecular weight is 566 g/mol. The fourth-order valence-electron chi connectivity index (χ4n) is 8.11. The zero-order valence-electron chi connectivity index (χ0n) is 23.4. The van der Waals surface area contributed by atoms with Gasteiger partial charge in [0.05, 0.1) is 35.9 Å². The van der Waals surface area contributed by atoms with Crippen molar-refractivity contribution in [3.05, 3.63) is 11.8 Å². The molecule has 10 heteroatoms. The van der Waals surface area contributed by atoms with Crippen LogP contribution in [0, 0.1) is 5.92 Å². The molecule has 8 atom stereocenters. The molecule has 0 aromatic rings. The Hall–Kier alpha value is -1.26. The minimum atomic E-state index is -1.17. The standard InChI is InChI=1S/C29H45ClFN5O3/c1-18(2)34-11-13-35(14-12-34)26-22(31)16-20-25-28(26)39-24-6-5-19(30)15-23(24)36(25)17-21(27(20)37)29(38)32-7-10-33-8-3-4-9-33/h17-20,22-26,28H,3-16H2,1-2H3,(H,32,38). The Balaban J connectivity index is 1.25. The van der Waals surface area contributed by atoms with Gasteiger partial charge in [-0.1, -0.05) is 0 Å². The fraction of sp³-hybridized carbons (Fsp3) is 0.862. The number of ether oxygens (including phenoxy) is 1. The van der Waals surface area contributed by atoms with Crippen LogP contribution in [0.25, 0.3) is 0 Å². The molecule has 5 fully saturated rings. The lowest BCUT2D eigenvalue weighted by Crippen LogP contribution is -2.74. The largest absolute Gasteiger partial charge is 0.369 e. The molecule has 0 spiro atoms. The Morgan fingerprint density at radius 1 is 1.10 bits per heavy atom. The van der Waals surface area contributed by atoms with Gasteiger partial charge in [-0.3, -0.25) is 19.4 Å². The first-order chi connectivity index (χ1) is 18.8. The van der Waals surface area contributed by atoms with Crippen LogP contribution in [0.1, 0.15) is 52.4 Å². The summed E-state index contributed by atoms with van der Waals surface area (Å²) < 4.78 is 22.9. The van der Waals surface area contributed by atoms with Crippen LogP contribution in [0.2, 0.25) is 0 Å². The van der Waals surface area contributed by atoms with E-state index in [0.717, 1.165) is 65.1 Å². The van der Waals surface area contributed by atoms with Gasteiger partial charge in [0, 0.05) is 62.8 Å². The molecule has 2 aliphatic carbocycles. The zero-order valence-corrected chi connectivity index (χ0v) is 24.2. The lowest BCUT2D eigenvalue weighted by molar-refractivity contribution is -0.213. The maximum absolute atomic E-state index is 16.2. The van der Waals surface area contributed by atoms with Gasteiger partial charge >= 0.3 is 0 Å². The number of amides is 1. The maximum atomic E-state index is 16.2. The van der Waals surface area contributed by atoms with E-state index in [1.807, 2.05) is 0 Å². The molecule has 39 heavy (non-hydrogen) atoms. The molecule has 0 aromatic carbocycles. The second-order valence-electron chi connectivity index (χ2n) is 12.8. The SMILES string of the molecule is CC(C)N1CCN(C2C(F)CC3C(=O)C(C(=O)NCCN4CCCC4)=CN4C5CC(Cl)CCC5OC2C34)CC1. The van der Waals surface area contributed by atoms with Crippen molar-refractivity contribution in [2.45, 2.75) is 100 Å². The summed E-state index contributed by atoms with van der Waals surface area (Å²) in [7, 11) is 0. The number of fused-ring (bicyclic) bond motifs is 2. The number of rotatable bonds is 6. The normalized spacial score (nSPS) is 39.9. The number of hydrogen-bond donors (Lipinski definition) is 1. The predicted molar refractivity (Wildman–Crippen MR) is 148 cm³/mol. The Bertz CT molecular complexity index is 953. The lowest BCUT2D eigenvalue weighted by Gasteiger charge is -2.61. The van der Waals surface area contributed by atoms with Gasteiger partial charge in [-0.25, -0.2) is 4.39 Å². The Morgan fingerprint density at radius 3 is 2.56 bits per heavy atom. The molecule has 0 radical (unpaired) electrons. The highest BCUT2D eigenvalue weighted by Crippen LogP contribution is 2.47. The molecule has 4 aliphatic heterocycles. The molecule has 6 aliphatic rings. The van der Waals surface area contributed by atoms with Gasteiger partial charge in [0.15, 0.2) is 5.78 Å². The summed E-state index contributed by atoms with van der Waals surface area (Å²) in [6, 6.07) is -0.171. The first-order valence-electron chi connectivity index (χ1n) is 15.3.